The number of aromatic nitrogens is 3. The van der Waals surface area contributed by atoms with Crippen LogP contribution in [0.15, 0.2) is 45.7 Å². The van der Waals surface area contributed by atoms with Gasteiger partial charge in [0, 0.05) is 16.6 Å². The summed E-state index contributed by atoms with van der Waals surface area (Å²) < 4.78 is 6.82. The van der Waals surface area contributed by atoms with E-state index in [1.165, 1.54) is 11.6 Å². The number of ether oxygens (including phenoxy) is 1. The lowest BCUT2D eigenvalue weighted by atomic mass is 10.2. The Bertz CT molecular complexity index is 881. The van der Waals surface area contributed by atoms with Gasteiger partial charge in [0.1, 0.15) is 0 Å². The molecule has 3 aromatic rings. The number of carbonyl (C=O) groups is 1. The van der Waals surface area contributed by atoms with Crippen LogP contribution in [-0.2, 0) is 4.74 Å². The van der Waals surface area contributed by atoms with E-state index in [1.807, 2.05) is 24.3 Å². The summed E-state index contributed by atoms with van der Waals surface area (Å²) in [5.41, 5.74) is 1.62. The number of esters is 1. The van der Waals surface area contributed by atoms with Crippen molar-refractivity contribution in [3.63, 3.8) is 0 Å². The molecule has 0 saturated heterocycles. The minimum Gasteiger partial charge on any atom is -0.464 e. The van der Waals surface area contributed by atoms with E-state index in [2.05, 4.69) is 30.7 Å². The topological polar surface area (TPSA) is 76.5 Å². The zero-order valence-corrected chi connectivity index (χ0v) is 12.5. The normalized spacial score (nSPS) is 10.8. The van der Waals surface area contributed by atoms with Crippen molar-refractivity contribution in [3.8, 4) is 11.3 Å². The Hall–Kier alpha value is -2.41. The highest BCUT2D eigenvalue weighted by Gasteiger charge is 2.13. The fourth-order valence-corrected chi connectivity index (χ4v) is 2.24. The summed E-state index contributed by atoms with van der Waals surface area (Å²) in [5.74, 6) is -0.638. The number of hydrogen-bond acceptors (Lipinski definition) is 4. The van der Waals surface area contributed by atoms with Gasteiger partial charge in [-0.2, -0.15) is 0 Å². The average molecular weight is 348 g/mol. The maximum atomic E-state index is 12.0. The van der Waals surface area contributed by atoms with Crippen LogP contribution in [0.2, 0.25) is 0 Å². The third kappa shape index (κ3) is 2.47. The molecule has 0 atom stereocenters. The molecule has 0 spiro atoms. The third-order valence-corrected chi connectivity index (χ3v) is 3.53. The molecule has 106 valence electrons. The van der Waals surface area contributed by atoms with Gasteiger partial charge in [-0.05, 0) is 17.7 Å². The second-order valence-electron chi connectivity index (χ2n) is 4.34. The Morgan fingerprint density at radius 1 is 1.29 bits per heavy atom. The lowest BCUT2D eigenvalue weighted by Crippen LogP contribution is -2.18. The minimum absolute atomic E-state index is 0.0103. The van der Waals surface area contributed by atoms with Crippen LogP contribution in [0.1, 0.15) is 10.5 Å². The van der Waals surface area contributed by atoms with Crippen LogP contribution < -0.4 is 5.56 Å². The molecular formula is C14H10BrN3O3. The van der Waals surface area contributed by atoms with E-state index in [1.54, 1.807) is 6.07 Å². The number of nitrogens with zero attached hydrogens (tertiary/aromatic N) is 2. The number of H-pyrrole nitrogens is 1. The molecule has 0 aliphatic carbocycles. The van der Waals surface area contributed by atoms with Crippen LogP contribution in [0.5, 0.6) is 0 Å². The highest BCUT2D eigenvalue weighted by atomic mass is 79.9. The molecule has 1 aromatic carbocycles. The van der Waals surface area contributed by atoms with Gasteiger partial charge in [0.05, 0.1) is 12.8 Å². The predicted octanol–water partition coefficient (Wildman–Crippen LogP) is 2.24. The summed E-state index contributed by atoms with van der Waals surface area (Å²) in [6, 6.07) is 10.5. The molecule has 0 radical (unpaired) electrons. The van der Waals surface area contributed by atoms with Crippen molar-refractivity contribution in [3.05, 3.63) is 56.9 Å². The van der Waals surface area contributed by atoms with Crippen molar-refractivity contribution in [1.29, 1.82) is 0 Å². The van der Waals surface area contributed by atoms with Crippen molar-refractivity contribution in [1.82, 2.24) is 14.6 Å². The van der Waals surface area contributed by atoms with Gasteiger partial charge < -0.3 is 4.74 Å². The maximum Gasteiger partial charge on any atom is 0.356 e. The molecular weight excluding hydrogens is 338 g/mol. The first-order valence-electron chi connectivity index (χ1n) is 6.05. The molecule has 0 bridgehead atoms. The van der Waals surface area contributed by atoms with Crippen molar-refractivity contribution in [2.45, 2.75) is 0 Å². The van der Waals surface area contributed by atoms with Crippen LogP contribution in [0.25, 0.3) is 16.9 Å². The molecule has 7 heteroatoms. The highest BCUT2D eigenvalue weighted by Crippen LogP contribution is 2.21. The summed E-state index contributed by atoms with van der Waals surface area (Å²) in [4.78, 5) is 27.6. The van der Waals surface area contributed by atoms with E-state index in [0.717, 1.165) is 21.8 Å². The SMILES string of the molecule is COC(=O)c1cc(=O)n2[nH]c(-c3ccc(Br)cc3)cc2n1. The molecule has 0 unspecified atom stereocenters. The van der Waals surface area contributed by atoms with Crippen molar-refractivity contribution in [2.24, 2.45) is 0 Å². The Kier molecular flexibility index (Phi) is 3.34. The summed E-state index contributed by atoms with van der Waals surface area (Å²) in [6.07, 6.45) is 0. The summed E-state index contributed by atoms with van der Waals surface area (Å²) in [5, 5.41) is 2.96. The van der Waals surface area contributed by atoms with Gasteiger partial charge in [-0.15, -0.1) is 0 Å². The lowest BCUT2D eigenvalue weighted by molar-refractivity contribution is 0.0594. The van der Waals surface area contributed by atoms with Crippen LogP contribution in [-0.4, -0.2) is 27.7 Å². The molecule has 21 heavy (non-hydrogen) atoms. The van der Waals surface area contributed by atoms with Crippen LogP contribution in [0, 0.1) is 0 Å². The molecule has 0 amide bonds. The van der Waals surface area contributed by atoms with E-state index in [9.17, 15) is 9.59 Å². The minimum atomic E-state index is -0.638. The quantitative estimate of drug-likeness (QED) is 0.721. The number of benzene rings is 1. The summed E-state index contributed by atoms with van der Waals surface area (Å²) in [7, 11) is 1.25. The molecule has 3 rings (SSSR count). The Balaban J connectivity index is 2.16. The van der Waals surface area contributed by atoms with Gasteiger partial charge in [0.2, 0.25) is 0 Å². The van der Waals surface area contributed by atoms with Gasteiger partial charge in [-0.3, -0.25) is 9.89 Å². The zero-order chi connectivity index (χ0) is 15.0. The maximum absolute atomic E-state index is 12.0. The standard InChI is InChI=1S/C14H10BrN3O3/c1-21-14(20)11-7-13(19)18-12(16-11)6-10(17-18)8-2-4-9(15)5-3-8/h2-7,17H,1H3. The molecule has 2 heterocycles. The van der Waals surface area contributed by atoms with Crippen LogP contribution >= 0.6 is 15.9 Å². The third-order valence-electron chi connectivity index (χ3n) is 3.00. The highest BCUT2D eigenvalue weighted by molar-refractivity contribution is 9.10. The first-order chi connectivity index (χ1) is 10.1. The fraction of sp³-hybridized carbons (Fsp3) is 0.0714. The van der Waals surface area contributed by atoms with Gasteiger partial charge in [0.25, 0.3) is 5.56 Å². The number of nitrogens with one attached hydrogen (secondary N) is 1. The van der Waals surface area contributed by atoms with Gasteiger partial charge in [-0.25, -0.2) is 14.3 Å². The predicted molar refractivity (Wildman–Crippen MR) is 80.3 cm³/mol. The molecule has 0 fully saturated rings. The van der Waals surface area contributed by atoms with E-state index in [4.69, 9.17) is 0 Å². The monoisotopic (exact) mass is 347 g/mol. The summed E-state index contributed by atoms with van der Waals surface area (Å²) in [6.45, 7) is 0. The van der Waals surface area contributed by atoms with Crippen molar-refractivity contribution in [2.75, 3.05) is 7.11 Å². The van der Waals surface area contributed by atoms with Crippen LogP contribution in [0.3, 0.4) is 0 Å². The molecule has 1 N–H and O–H groups in total. The van der Waals surface area contributed by atoms with E-state index < -0.39 is 5.97 Å². The largest absolute Gasteiger partial charge is 0.464 e. The Labute approximate surface area is 127 Å². The number of hydrogen-bond donors (Lipinski definition) is 1. The number of aromatic amines is 1. The van der Waals surface area contributed by atoms with Gasteiger partial charge in [-0.1, -0.05) is 28.1 Å². The molecule has 0 aliphatic heterocycles. The number of rotatable bonds is 2. The van der Waals surface area contributed by atoms with Gasteiger partial charge in [0.15, 0.2) is 11.3 Å². The van der Waals surface area contributed by atoms with Gasteiger partial charge >= 0.3 is 5.97 Å². The molecule has 0 aliphatic rings. The lowest BCUT2D eigenvalue weighted by Gasteiger charge is -1.98. The van der Waals surface area contributed by atoms with Crippen molar-refractivity contribution >= 4 is 27.5 Å². The van der Waals surface area contributed by atoms with Crippen molar-refractivity contribution < 1.29 is 9.53 Å². The average Bonchev–Trinajstić information content (AvgIpc) is 2.91. The summed E-state index contributed by atoms with van der Waals surface area (Å²) >= 11 is 3.37. The van der Waals surface area contributed by atoms with Crippen LogP contribution in [0.4, 0.5) is 0 Å². The molecule has 2 aromatic heterocycles. The first kappa shape index (κ1) is 13.6. The zero-order valence-electron chi connectivity index (χ0n) is 11.0. The first-order valence-corrected chi connectivity index (χ1v) is 6.85. The van der Waals surface area contributed by atoms with E-state index >= 15 is 0 Å². The number of fused-ring (bicyclic) bond motifs is 1. The number of carbonyl (C=O) groups excluding carboxylic acids is 1. The van der Waals surface area contributed by atoms with E-state index in [0.29, 0.717) is 5.65 Å². The van der Waals surface area contributed by atoms with E-state index in [-0.39, 0.29) is 11.3 Å². The second-order valence-corrected chi connectivity index (χ2v) is 5.26. The second kappa shape index (κ2) is 5.17. The molecule has 6 nitrogen and oxygen atoms in total. The molecule has 0 saturated carbocycles. The Morgan fingerprint density at radius 2 is 2.00 bits per heavy atom. The fourth-order valence-electron chi connectivity index (χ4n) is 1.98. The Morgan fingerprint density at radius 3 is 2.67 bits per heavy atom. The number of methoxy groups -OCH3 is 1. The number of halogens is 1. The smallest absolute Gasteiger partial charge is 0.356 e.